The summed E-state index contributed by atoms with van der Waals surface area (Å²) < 4.78 is 45.7. The Hall–Kier alpha value is -3.34. The molecule has 11 heteroatoms. The number of aromatic nitrogens is 4. The van der Waals surface area contributed by atoms with Crippen molar-refractivity contribution in [3.05, 3.63) is 65.5 Å². The number of halogens is 3. The molecule has 1 aromatic carbocycles. The van der Waals surface area contributed by atoms with Gasteiger partial charge in [0.25, 0.3) is 5.91 Å². The standard InChI is InChI=1S/C25H29F3N6O2/c1-16-7-18(32(3)30-16)10-33-11-20-21(12-33)22(20)13-34(24(35)23-14-31(2)15-29-23)9-17-5-4-6-19(8-17)36-25(26,27)28/h4-8,14-15,20-22H,9-13H2,1-3H3. The van der Waals surface area contributed by atoms with E-state index in [2.05, 4.69) is 25.8 Å². The Balaban J connectivity index is 1.26. The maximum Gasteiger partial charge on any atom is 0.573 e. The van der Waals surface area contributed by atoms with Gasteiger partial charge in [0.15, 0.2) is 0 Å². The molecule has 0 radical (unpaired) electrons. The van der Waals surface area contributed by atoms with Gasteiger partial charge < -0.3 is 14.2 Å². The number of hydrogen-bond acceptors (Lipinski definition) is 5. The van der Waals surface area contributed by atoms with Crippen LogP contribution >= 0.6 is 0 Å². The summed E-state index contributed by atoms with van der Waals surface area (Å²) in [5, 5.41) is 4.42. The summed E-state index contributed by atoms with van der Waals surface area (Å²) in [6.45, 7) is 5.46. The van der Waals surface area contributed by atoms with E-state index < -0.39 is 6.36 Å². The van der Waals surface area contributed by atoms with Crippen LogP contribution in [0.3, 0.4) is 0 Å². The summed E-state index contributed by atoms with van der Waals surface area (Å²) in [4.78, 5) is 21.6. The van der Waals surface area contributed by atoms with Gasteiger partial charge in [-0.15, -0.1) is 13.2 Å². The van der Waals surface area contributed by atoms with Crippen LogP contribution in [0, 0.1) is 24.7 Å². The van der Waals surface area contributed by atoms with Crippen molar-refractivity contribution in [1.29, 1.82) is 0 Å². The fraction of sp³-hybridized carbons (Fsp3) is 0.480. The molecular weight excluding hydrogens is 473 g/mol. The lowest BCUT2D eigenvalue weighted by molar-refractivity contribution is -0.274. The van der Waals surface area contributed by atoms with Gasteiger partial charge in [-0.05, 0) is 48.4 Å². The van der Waals surface area contributed by atoms with Crippen molar-refractivity contribution in [3.8, 4) is 5.75 Å². The quantitative estimate of drug-likeness (QED) is 0.473. The van der Waals surface area contributed by atoms with Crippen molar-refractivity contribution in [2.24, 2.45) is 31.8 Å². The summed E-state index contributed by atoms with van der Waals surface area (Å²) in [6.07, 6.45) is -1.55. The number of carbonyl (C=O) groups is 1. The first-order valence-corrected chi connectivity index (χ1v) is 11.9. The van der Waals surface area contributed by atoms with Crippen LogP contribution < -0.4 is 4.74 Å². The van der Waals surface area contributed by atoms with Crippen LogP contribution in [-0.2, 0) is 27.2 Å². The normalized spacial score (nSPS) is 21.4. The second kappa shape index (κ2) is 9.27. The van der Waals surface area contributed by atoms with Gasteiger partial charge in [-0.3, -0.25) is 14.4 Å². The lowest BCUT2D eigenvalue weighted by Crippen LogP contribution is -2.35. The summed E-state index contributed by atoms with van der Waals surface area (Å²) in [7, 11) is 3.74. The highest BCUT2D eigenvalue weighted by Crippen LogP contribution is 2.52. The number of fused-ring (bicyclic) bond motifs is 1. The first kappa shape index (κ1) is 24.4. The SMILES string of the molecule is Cc1cc(CN2CC3C(C2)C3CN(Cc2cccc(OC(F)(F)F)c2)C(=O)c2cn(C)cn2)n(C)n1. The van der Waals surface area contributed by atoms with Crippen molar-refractivity contribution in [1.82, 2.24) is 29.1 Å². The molecule has 5 rings (SSSR count). The molecule has 2 aromatic heterocycles. The average Bonchev–Trinajstić information content (AvgIpc) is 3.16. The summed E-state index contributed by atoms with van der Waals surface area (Å²) in [6, 6.07) is 7.89. The van der Waals surface area contributed by atoms with Gasteiger partial charge in [-0.25, -0.2) is 4.98 Å². The van der Waals surface area contributed by atoms with Gasteiger partial charge in [0.1, 0.15) is 11.4 Å². The van der Waals surface area contributed by atoms with Gasteiger partial charge in [0, 0.05) is 53.0 Å². The van der Waals surface area contributed by atoms with E-state index in [1.54, 1.807) is 35.1 Å². The predicted molar refractivity (Wildman–Crippen MR) is 125 cm³/mol. The molecule has 2 atom stereocenters. The Bertz CT molecular complexity index is 1240. The van der Waals surface area contributed by atoms with Crippen LogP contribution in [-0.4, -0.2) is 61.0 Å². The molecule has 2 aliphatic rings. The third-order valence-corrected chi connectivity index (χ3v) is 7.08. The molecule has 1 saturated heterocycles. The number of ether oxygens (including phenoxy) is 1. The van der Waals surface area contributed by atoms with Crippen LogP contribution in [0.4, 0.5) is 13.2 Å². The number of nitrogens with zero attached hydrogens (tertiary/aromatic N) is 6. The minimum atomic E-state index is -4.77. The fourth-order valence-electron chi connectivity index (χ4n) is 5.40. The van der Waals surface area contributed by atoms with Crippen molar-refractivity contribution in [3.63, 3.8) is 0 Å². The van der Waals surface area contributed by atoms with Gasteiger partial charge in [0.05, 0.1) is 17.7 Å². The van der Waals surface area contributed by atoms with Crippen LogP contribution in [0.15, 0.2) is 42.9 Å². The van der Waals surface area contributed by atoms with Gasteiger partial charge in [-0.1, -0.05) is 12.1 Å². The molecule has 1 amide bonds. The molecule has 8 nitrogen and oxygen atoms in total. The number of carbonyl (C=O) groups excluding carboxylic acids is 1. The van der Waals surface area contributed by atoms with E-state index in [-0.39, 0.29) is 18.2 Å². The molecular formula is C25H29F3N6O2. The van der Waals surface area contributed by atoms with Crippen LogP contribution in [0.1, 0.15) is 27.4 Å². The molecule has 1 saturated carbocycles. The Labute approximate surface area is 207 Å². The third kappa shape index (κ3) is 5.40. The van der Waals surface area contributed by atoms with E-state index in [0.717, 1.165) is 25.3 Å². The number of aryl methyl sites for hydroxylation is 3. The predicted octanol–water partition coefficient (Wildman–Crippen LogP) is 3.38. The zero-order chi connectivity index (χ0) is 25.6. The lowest BCUT2D eigenvalue weighted by Gasteiger charge is -2.25. The monoisotopic (exact) mass is 502 g/mol. The molecule has 0 spiro atoms. The zero-order valence-corrected chi connectivity index (χ0v) is 20.4. The number of likely N-dealkylation sites (tertiary alicyclic amines) is 1. The maximum absolute atomic E-state index is 13.3. The van der Waals surface area contributed by atoms with Crippen LogP contribution in [0.5, 0.6) is 5.75 Å². The molecule has 3 aromatic rings. The highest BCUT2D eigenvalue weighted by molar-refractivity contribution is 5.92. The number of rotatable bonds is 8. The van der Waals surface area contributed by atoms with E-state index >= 15 is 0 Å². The molecule has 0 N–H and O–H groups in total. The number of benzene rings is 1. The molecule has 0 bridgehead atoms. The van der Waals surface area contributed by atoms with Gasteiger partial charge in [0.2, 0.25) is 0 Å². The van der Waals surface area contributed by atoms with Crippen LogP contribution in [0.25, 0.3) is 0 Å². The average molecular weight is 503 g/mol. The smallest absolute Gasteiger partial charge is 0.406 e. The topological polar surface area (TPSA) is 68.4 Å². The summed E-state index contributed by atoms with van der Waals surface area (Å²) in [5.74, 6) is 0.827. The summed E-state index contributed by atoms with van der Waals surface area (Å²) in [5.41, 5.74) is 3.07. The fourth-order valence-corrected chi connectivity index (χ4v) is 5.40. The van der Waals surface area contributed by atoms with Crippen molar-refractivity contribution in [2.45, 2.75) is 26.4 Å². The highest BCUT2D eigenvalue weighted by atomic mass is 19.4. The number of imidazole rings is 1. The van der Waals surface area contributed by atoms with E-state index in [1.807, 2.05) is 18.7 Å². The second-order valence-electron chi connectivity index (χ2n) is 9.89. The number of amides is 1. The maximum atomic E-state index is 13.3. The number of alkyl halides is 3. The molecule has 1 aliphatic heterocycles. The number of hydrogen-bond donors (Lipinski definition) is 0. The minimum absolute atomic E-state index is 0.179. The van der Waals surface area contributed by atoms with Crippen molar-refractivity contribution < 1.29 is 22.7 Å². The van der Waals surface area contributed by atoms with Crippen LogP contribution in [0.2, 0.25) is 0 Å². The zero-order valence-electron chi connectivity index (χ0n) is 20.4. The van der Waals surface area contributed by atoms with Crippen molar-refractivity contribution >= 4 is 5.91 Å². The van der Waals surface area contributed by atoms with E-state index in [0.29, 0.717) is 35.6 Å². The number of piperidine rings is 1. The molecule has 2 fully saturated rings. The Morgan fingerprint density at radius 3 is 2.56 bits per heavy atom. The molecule has 2 unspecified atom stereocenters. The first-order chi connectivity index (χ1) is 17.1. The first-order valence-electron chi connectivity index (χ1n) is 11.9. The van der Waals surface area contributed by atoms with E-state index in [4.69, 9.17) is 0 Å². The highest BCUT2D eigenvalue weighted by Gasteiger charge is 2.56. The largest absolute Gasteiger partial charge is 0.573 e. The minimum Gasteiger partial charge on any atom is -0.406 e. The Morgan fingerprint density at radius 2 is 1.94 bits per heavy atom. The van der Waals surface area contributed by atoms with Gasteiger partial charge >= 0.3 is 6.36 Å². The van der Waals surface area contributed by atoms with Crippen molar-refractivity contribution in [2.75, 3.05) is 19.6 Å². The molecule has 192 valence electrons. The second-order valence-corrected chi connectivity index (χ2v) is 9.89. The van der Waals surface area contributed by atoms with E-state index in [1.165, 1.54) is 23.9 Å². The van der Waals surface area contributed by atoms with E-state index in [9.17, 15) is 18.0 Å². The molecule has 3 heterocycles. The third-order valence-electron chi connectivity index (χ3n) is 7.08. The Kier molecular flexibility index (Phi) is 6.27. The van der Waals surface area contributed by atoms with Gasteiger partial charge in [-0.2, -0.15) is 5.10 Å². The lowest BCUT2D eigenvalue weighted by atomic mass is 10.1. The summed E-state index contributed by atoms with van der Waals surface area (Å²) >= 11 is 0. The Morgan fingerprint density at radius 1 is 1.19 bits per heavy atom. The molecule has 1 aliphatic carbocycles. The molecule has 36 heavy (non-hydrogen) atoms.